The largest absolute Gasteiger partial charge is 0.395 e. The summed E-state index contributed by atoms with van der Waals surface area (Å²) in [7, 11) is 2.14. The number of hydrogen-bond acceptors (Lipinski definition) is 4. The van der Waals surface area contributed by atoms with E-state index in [-0.39, 0.29) is 19.1 Å². The highest BCUT2D eigenvalue weighted by atomic mass is 16.3. The standard InChI is InChI=1S/C15H23N3O2/c1-18-8-5-13(6-9-18)17-14-4-2-3-12(11-14)15(20)16-7-10-19/h2-4,11,13,17,19H,5-10H2,1H3,(H,16,20). The lowest BCUT2D eigenvalue weighted by Gasteiger charge is -2.30. The first-order chi connectivity index (χ1) is 9.69. The molecule has 0 aromatic heterocycles. The molecule has 1 aliphatic heterocycles. The molecule has 0 spiro atoms. The van der Waals surface area contributed by atoms with Crippen molar-refractivity contribution in [2.24, 2.45) is 0 Å². The molecule has 1 fully saturated rings. The average molecular weight is 277 g/mol. The van der Waals surface area contributed by atoms with Gasteiger partial charge in [0.1, 0.15) is 0 Å². The summed E-state index contributed by atoms with van der Waals surface area (Å²) in [5.74, 6) is -0.147. The van der Waals surface area contributed by atoms with E-state index in [4.69, 9.17) is 5.11 Å². The van der Waals surface area contributed by atoms with E-state index in [1.54, 1.807) is 6.07 Å². The Bertz CT molecular complexity index is 442. The molecule has 5 heteroatoms. The van der Waals surface area contributed by atoms with E-state index >= 15 is 0 Å². The van der Waals surface area contributed by atoms with Crippen LogP contribution in [0.3, 0.4) is 0 Å². The van der Waals surface area contributed by atoms with Gasteiger partial charge in [0, 0.05) is 23.8 Å². The SMILES string of the molecule is CN1CCC(Nc2cccc(C(=O)NCCO)c2)CC1. The van der Waals surface area contributed by atoms with Crippen LogP contribution >= 0.6 is 0 Å². The van der Waals surface area contributed by atoms with E-state index < -0.39 is 0 Å². The predicted molar refractivity (Wildman–Crippen MR) is 80.0 cm³/mol. The number of aliphatic hydroxyl groups excluding tert-OH is 1. The van der Waals surface area contributed by atoms with Crippen LogP contribution in [0.2, 0.25) is 0 Å². The second-order valence-corrected chi connectivity index (χ2v) is 5.28. The maximum atomic E-state index is 11.8. The minimum Gasteiger partial charge on any atom is -0.395 e. The minimum atomic E-state index is -0.147. The maximum absolute atomic E-state index is 11.8. The van der Waals surface area contributed by atoms with E-state index in [0.29, 0.717) is 11.6 Å². The number of aliphatic hydroxyl groups is 1. The fourth-order valence-corrected chi connectivity index (χ4v) is 2.41. The smallest absolute Gasteiger partial charge is 0.251 e. The predicted octanol–water partition coefficient (Wildman–Crippen LogP) is 0.915. The van der Waals surface area contributed by atoms with Crippen molar-refractivity contribution in [3.63, 3.8) is 0 Å². The molecule has 20 heavy (non-hydrogen) atoms. The summed E-state index contributed by atoms with van der Waals surface area (Å²) in [5, 5.41) is 14.9. The van der Waals surface area contributed by atoms with Crippen molar-refractivity contribution >= 4 is 11.6 Å². The molecule has 0 bridgehead atoms. The van der Waals surface area contributed by atoms with Crippen LogP contribution in [0.1, 0.15) is 23.2 Å². The number of rotatable bonds is 5. The van der Waals surface area contributed by atoms with Gasteiger partial charge >= 0.3 is 0 Å². The highest BCUT2D eigenvalue weighted by Gasteiger charge is 2.16. The second kappa shape index (κ2) is 7.26. The van der Waals surface area contributed by atoms with Crippen molar-refractivity contribution in [3.05, 3.63) is 29.8 Å². The quantitative estimate of drug-likeness (QED) is 0.749. The number of carbonyl (C=O) groups excluding carboxylic acids is 1. The molecule has 5 nitrogen and oxygen atoms in total. The summed E-state index contributed by atoms with van der Waals surface area (Å²) in [6.45, 7) is 2.45. The van der Waals surface area contributed by atoms with Gasteiger partial charge in [0.15, 0.2) is 0 Å². The van der Waals surface area contributed by atoms with Crippen molar-refractivity contribution in [1.29, 1.82) is 0 Å². The zero-order valence-electron chi connectivity index (χ0n) is 11.9. The Morgan fingerprint density at radius 3 is 2.85 bits per heavy atom. The lowest BCUT2D eigenvalue weighted by atomic mass is 10.0. The monoisotopic (exact) mass is 277 g/mol. The Kier molecular flexibility index (Phi) is 5.38. The third-order valence-electron chi connectivity index (χ3n) is 3.61. The van der Waals surface area contributed by atoms with Gasteiger partial charge < -0.3 is 20.6 Å². The zero-order valence-corrected chi connectivity index (χ0v) is 11.9. The Morgan fingerprint density at radius 2 is 2.15 bits per heavy atom. The molecule has 1 amide bonds. The molecule has 2 rings (SSSR count). The summed E-state index contributed by atoms with van der Waals surface area (Å²) < 4.78 is 0. The third-order valence-corrected chi connectivity index (χ3v) is 3.61. The fourth-order valence-electron chi connectivity index (χ4n) is 2.41. The molecular weight excluding hydrogens is 254 g/mol. The van der Waals surface area contributed by atoms with Gasteiger partial charge in [-0.1, -0.05) is 6.07 Å². The van der Waals surface area contributed by atoms with E-state index in [2.05, 4.69) is 22.6 Å². The van der Waals surface area contributed by atoms with Crippen LogP contribution in [0.25, 0.3) is 0 Å². The van der Waals surface area contributed by atoms with E-state index in [9.17, 15) is 4.79 Å². The van der Waals surface area contributed by atoms with Gasteiger partial charge in [-0.15, -0.1) is 0 Å². The Labute approximate surface area is 120 Å². The molecular formula is C15H23N3O2. The van der Waals surface area contributed by atoms with Crippen LogP contribution in [0.4, 0.5) is 5.69 Å². The second-order valence-electron chi connectivity index (χ2n) is 5.28. The first kappa shape index (κ1) is 14.8. The van der Waals surface area contributed by atoms with Crippen LogP contribution in [0.15, 0.2) is 24.3 Å². The summed E-state index contributed by atoms with van der Waals surface area (Å²) in [6, 6.07) is 7.99. The molecule has 1 aliphatic rings. The number of nitrogens with zero attached hydrogens (tertiary/aromatic N) is 1. The molecule has 3 N–H and O–H groups in total. The van der Waals surface area contributed by atoms with Gasteiger partial charge in [0.25, 0.3) is 5.91 Å². The molecule has 0 unspecified atom stereocenters. The number of amides is 1. The summed E-state index contributed by atoms with van der Waals surface area (Å²) in [5.41, 5.74) is 1.60. The van der Waals surface area contributed by atoms with E-state index in [1.807, 2.05) is 18.2 Å². The normalized spacial score (nSPS) is 16.9. The van der Waals surface area contributed by atoms with Gasteiger partial charge in [-0.3, -0.25) is 4.79 Å². The van der Waals surface area contributed by atoms with Gasteiger partial charge in [-0.25, -0.2) is 0 Å². The first-order valence-electron chi connectivity index (χ1n) is 7.13. The Hall–Kier alpha value is -1.59. The minimum absolute atomic E-state index is 0.0424. The molecule has 1 aromatic rings. The zero-order chi connectivity index (χ0) is 14.4. The summed E-state index contributed by atoms with van der Waals surface area (Å²) in [6.07, 6.45) is 2.24. The van der Waals surface area contributed by atoms with E-state index in [1.165, 1.54) is 0 Å². The molecule has 0 radical (unpaired) electrons. The molecule has 0 atom stereocenters. The third kappa shape index (κ3) is 4.21. The molecule has 1 saturated heterocycles. The number of nitrogens with one attached hydrogen (secondary N) is 2. The Balaban J connectivity index is 1.93. The summed E-state index contributed by atoms with van der Waals surface area (Å²) in [4.78, 5) is 14.2. The summed E-state index contributed by atoms with van der Waals surface area (Å²) >= 11 is 0. The van der Waals surface area contributed by atoms with Crippen LogP contribution in [-0.2, 0) is 0 Å². The highest BCUT2D eigenvalue weighted by molar-refractivity contribution is 5.95. The molecule has 110 valence electrons. The Morgan fingerprint density at radius 1 is 1.40 bits per heavy atom. The van der Waals surface area contributed by atoms with Crippen molar-refractivity contribution in [2.45, 2.75) is 18.9 Å². The van der Waals surface area contributed by atoms with Crippen molar-refractivity contribution < 1.29 is 9.90 Å². The van der Waals surface area contributed by atoms with Gasteiger partial charge in [0.05, 0.1) is 6.61 Å². The number of anilines is 1. The lowest BCUT2D eigenvalue weighted by molar-refractivity contribution is 0.0945. The average Bonchev–Trinajstić information content (AvgIpc) is 2.47. The highest BCUT2D eigenvalue weighted by Crippen LogP contribution is 2.17. The van der Waals surface area contributed by atoms with Crippen molar-refractivity contribution in [2.75, 3.05) is 38.6 Å². The van der Waals surface area contributed by atoms with Crippen LogP contribution in [0, 0.1) is 0 Å². The van der Waals surface area contributed by atoms with Crippen molar-refractivity contribution in [3.8, 4) is 0 Å². The molecule has 0 saturated carbocycles. The lowest BCUT2D eigenvalue weighted by Crippen LogP contribution is -2.36. The number of benzene rings is 1. The van der Waals surface area contributed by atoms with Gasteiger partial charge in [0.2, 0.25) is 0 Å². The first-order valence-corrected chi connectivity index (χ1v) is 7.13. The molecule has 1 aromatic carbocycles. The van der Waals surface area contributed by atoms with Gasteiger partial charge in [-0.05, 0) is 51.2 Å². The van der Waals surface area contributed by atoms with Crippen molar-refractivity contribution in [1.82, 2.24) is 10.2 Å². The number of likely N-dealkylation sites (tertiary alicyclic amines) is 1. The maximum Gasteiger partial charge on any atom is 0.251 e. The van der Waals surface area contributed by atoms with Gasteiger partial charge in [-0.2, -0.15) is 0 Å². The van der Waals surface area contributed by atoms with Crippen LogP contribution < -0.4 is 10.6 Å². The number of piperidine rings is 1. The topological polar surface area (TPSA) is 64.6 Å². The van der Waals surface area contributed by atoms with Crippen LogP contribution in [0.5, 0.6) is 0 Å². The van der Waals surface area contributed by atoms with Crippen LogP contribution in [-0.4, -0.2) is 55.2 Å². The van der Waals surface area contributed by atoms with E-state index in [0.717, 1.165) is 31.6 Å². The molecule has 0 aliphatic carbocycles. The number of carbonyl (C=O) groups is 1. The fraction of sp³-hybridized carbons (Fsp3) is 0.533. The molecule has 1 heterocycles. The number of hydrogen-bond donors (Lipinski definition) is 3.